The number of ketones is 1. The van der Waals surface area contributed by atoms with E-state index in [4.69, 9.17) is 9.47 Å². The molecular weight excluding hydrogens is 539 g/mol. The summed E-state index contributed by atoms with van der Waals surface area (Å²) in [4.78, 5) is 41.6. The number of halogens is 3. The van der Waals surface area contributed by atoms with E-state index in [0.29, 0.717) is 5.56 Å². The molecule has 0 atom stereocenters. The molecule has 1 aromatic heterocycles. The van der Waals surface area contributed by atoms with Crippen LogP contribution in [0.15, 0.2) is 54.7 Å². The summed E-state index contributed by atoms with van der Waals surface area (Å²) in [5, 5.41) is 4.90. The van der Waals surface area contributed by atoms with Crippen LogP contribution in [0.1, 0.15) is 54.4 Å². The van der Waals surface area contributed by atoms with Gasteiger partial charge in [0.25, 0.3) is 0 Å². The highest BCUT2D eigenvalue weighted by Gasteiger charge is 2.31. The van der Waals surface area contributed by atoms with Crippen molar-refractivity contribution < 1.29 is 37.0 Å². The lowest BCUT2D eigenvalue weighted by Crippen LogP contribution is -2.30. The first-order valence-corrected chi connectivity index (χ1v) is 12.8. The minimum Gasteiger partial charge on any atom is -0.490 e. The summed E-state index contributed by atoms with van der Waals surface area (Å²) in [6.07, 6.45) is -4.20. The summed E-state index contributed by atoms with van der Waals surface area (Å²) in [6, 6.07) is 11.4. The van der Waals surface area contributed by atoms with Gasteiger partial charge in [0.1, 0.15) is 18.0 Å². The second kappa shape index (κ2) is 12.8. The lowest BCUT2D eigenvalue weighted by Gasteiger charge is -2.21. The third kappa shape index (κ3) is 9.33. The first-order chi connectivity index (χ1) is 19.1. The van der Waals surface area contributed by atoms with E-state index >= 15 is 0 Å². The Hall–Kier alpha value is -4.41. The Kier molecular flexibility index (Phi) is 9.75. The van der Waals surface area contributed by atoms with Gasteiger partial charge in [-0.25, -0.2) is 4.79 Å². The average Bonchev–Trinajstić information content (AvgIpc) is 2.85. The van der Waals surface area contributed by atoms with E-state index in [1.807, 2.05) is 26.0 Å². The van der Waals surface area contributed by atoms with Crippen molar-refractivity contribution in [2.45, 2.75) is 52.8 Å². The lowest BCUT2D eigenvalue weighted by molar-refractivity contribution is -0.137. The zero-order chi connectivity index (χ0) is 30.4. The smallest absolute Gasteiger partial charge is 0.416 e. The number of amides is 2. The van der Waals surface area contributed by atoms with Crippen molar-refractivity contribution in [1.82, 2.24) is 10.3 Å². The maximum absolute atomic E-state index is 13.2. The number of hydrogen-bond acceptors (Lipinski definition) is 6. The number of carbonyl (C=O) groups excluding carboxylic acids is 3. The number of ether oxygens (including phenoxy) is 2. The van der Waals surface area contributed by atoms with Gasteiger partial charge in [-0.05, 0) is 76.1 Å². The Morgan fingerprint density at radius 1 is 0.976 bits per heavy atom. The van der Waals surface area contributed by atoms with Gasteiger partial charge >= 0.3 is 12.3 Å². The molecule has 2 N–H and O–H groups in total. The van der Waals surface area contributed by atoms with Gasteiger partial charge in [-0.2, -0.15) is 13.2 Å². The van der Waals surface area contributed by atoms with E-state index in [2.05, 4.69) is 15.6 Å². The Morgan fingerprint density at radius 3 is 2.37 bits per heavy atom. The Morgan fingerprint density at radius 2 is 1.71 bits per heavy atom. The van der Waals surface area contributed by atoms with Gasteiger partial charge < -0.3 is 14.8 Å². The van der Waals surface area contributed by atoms with E-state index in [9.17, 15) is 27.6 Å². The Balaban J connectivity index is 1.59. The number of Topliss-reactive ketones (excluding diaryl/α,β-unsaturated/α-hetero) is 1. The molecule has 218 valence electrons. The van der Waals surface area contributed by atoms with Crippen LogP contribution >= 0.6 is 0 Å². The molecule has 2 aromatic carbocycles. The van der Waals surface area contributed by atoms with Crippen molar-refractivity contribution >= 4 is 23.5 Å². The molecule has 8 nitrogen and oxygen atoms in total. The summed E-state index contributed by atoms with van der Waals surface area (Å²) in [5.41, 5.74) is 2.08. The second-order valence-electron chi connectivity index (χ2n) is 10.4. The van der Waals surface area contributed by atoms with Gasteiger partial charge in [-0.15, -0.1) is 0 Å². The van der Waals surface area contributed by atoms with Crippen molar-refractivity contribution in [3.8, 4) is 16.9 Å². The maximum atomic E-state index is 13.2. The van der Waals surface area contributed by atoms with Gasteiger partial charge in [0.05, 0.1) is 24.2 Å². The summed E-state index contributed by atoms with van der Waals surface area (Å²) in [5.74, 6) is -1.23. The maximum Gasteiger partial charge on any atom is 0.416 e. The predicted molar refractivity (Wildman–Crippen MR) is 148 cm³/mol. The number of pyridine rings is 1. The van der Waals surface area contributed by atoms with Crippen LogP contribution in [-0.4, -0.2) is 41.5 Å². The predicted octanol–water partition coefficient (Wildman–Crippen LogP) is 6.50. The van der Waals surface area contributed by atoms with Crippen molar-refractivity contribution in [3.63, 3.8) is 0 Å². The number of aryl methyl sites for hydroxylation is 2. The molecule has 0 aliphatic heterocycles. The van der Waals surface area contributed by atoms with Crippen LogP contribution in [0, 0.1) is 13.8 Å². The molecule has 0 spiro atoms. The average molecular weight is 572 g/mol. The fourth-order valence-corrected chi connectivity index (χ4v) is 3.86. The molecule has 0 aliphatic rings. The molecule has 1 heterocycles. The standard InChI is InChI=1S/C30H32F3N3O5/c1-18-13-19(2)35-17-23(18)20-7-6-8-21(14-20)25(37)16-27(38)34-11-12-40-26-15-22(30(31,32)33)9-10-24(26)36-28(39)41-29(3,4)5/h6-10,13-15,17H,11-12,16H2,1-5H3,(H,34,38)(H,36,39). The number of rotatable bonds is 9. The Labute approximate surface area is 236 Å². The number of carbonyl (C=O) groups is 3. The van der Waals surface area contributed by atoms with Crippen molar-refractivity contribution in [2.75, 3.05) is 18.5 Å². The molecular formula is C30H32F3N3O5. The zero-order valence-electron chi connectivity index (χ0n) is 23.4. The van der Waals surface area contributed by atoms with E-state index in [-0.39, 0.29) is 24.6 Å². The van der Waals surface area contributed by atoms with Gasteiger partial charge in [-0.3, -0.25) is 19.9 Å². The van der Waals surface area contributed by atoms with E-state index in [1.165, 1.54) is 0 Å². The number of nitrogens with one attached hydrogen (secondary N) is 2. The van der Waals surface area contributed by atoms with Crippen LogP contribution in [0.3, 0.4) is 0 Å². The first kappa shape index (κ1) is 31.1. The fourth-order valence-electron chi connectivity index (χ4n) is 3.86. The summed E-state index contributed by atoms with van der Waals surface area (Å²) in [7, 11) is 0. The van der Waals surface area contributed by atoms with Crippen LogP contribution in [-0.2, 0) is 15.7 Å². The number of nitrogens with zero attached hydrogens (tertiary/aromatic N) is 1. The third-order valence-corrected chi connectivity index (χ3v) is 5.69. The SMILES string of the molecule is Cc1cc(C)c(-c2cccc(C(=O)CC(=O)NCCOc3cc(C(F)(F)F)ccc3NC(=O)OC(C)(C)C)c2)cn1. The van der Waals surface area contributed by atoms with Gasteiger partial charge in [0.2, 0.25) is 5.91 Å². The van der Waals surface area contributed by atoms with Crippen LogP contribution in [0.25, 0.3) is 11.1 Å². The number of aromatic nitrogens is 1. The normalized spacial score (nSPS) is 11.5. The van der Waals surface area contributed by atoms with Gasteiger partial charge in [-0.1, -0.05) is 18.2 Å². The van der Waals surface area contributed by atoms with Crippen LogP contribution < -0.4 is 15.4 Å². The quantitative estimate of drug-likeness (QED) is 0.173. The molecule has 2 amide bonds. The van der Waals surface area contributed by atoms with Crippen LogP contribution in [0.4, 0.5) is 23.7 Å². The molecule has 0 radical (unpaired) electrons. The van der Waals surface area contributed by atoms with Crippen molar-refractivity contribution in [3.05, 3.63) is 77.1 Å². The molecule has 0 saturated heterocycles. The number of anilines is 1. The fraction of sp³-hybridized carbons (Fsp3) is 0.333. The van der Waals surface area contributed by atoms with Gasteiger partial charge in [0, 0.05) is 23.0 Å². The molecule has 0 aliphatic carbocycles. The van der Waals surface area contributed by atoms with E-state index < -0.39 is 41.5 Å². The summed E-state index contributed by atoms with van der Waals surface area (Å²) < 4.78 is 50.3. The van der Waals surface area contributed by atoms with Crippen LogP contribution in [0.5, 0.6) is 5.75 Å². The highest BCUT2D eigenvalue weighted by molar-refractivity contribution is 6.07. The van der Waals surface area contributed by atoms with Crippen molar-refractivity contribution in [2.24, 2.45) is 0 Å². The molecule has 0 fully saturated rings. The first-order valence-electron chi connectivity index (χ1n) is 12.8. The van der Waals surface area contributed by atoms with E-state index in [0.717, 1.165) is 40.6 Å². The number of benzene rings is 2. The monoisotopic (exact) mass is 571 g/mol. The largest absolute Gasteiger partial charge is 0.490 e. The number of hydrogen-bond donors (Lipinski definition) is 2. The second-order valence-corrected chi connectivity index (χ2v) is 10.4. The zero-order valence-corrected chi connectivity index (χ0v) is 23.4. The van der Waals surface area contributed by atoms with Crippen molar-refractivity contribution in [1.29, 1.82) is 0 Å². The molecule has 0 unspecified atom stereocenters. The van der Waals surface area contributed by atoms with Crippen LogP contribution in [0.2, 0.25) is 0 Å². The lowest BCUT2D eigenvalue weighted by atomic mass is 9.98. The van der Waals surface area contributed by atoms with Gasteiger partial charge in [0.15, 0.2) is 5.78 Å². The third-order valence-electron chi connectivity index (χ3n) is 5.69. The summed E-state index contributed by atoms with van der Waals surface area (Å²) in [6.45, 7) is 8.45. The molecule has 0 bridgehead atoms. The van der Waals surface area contributed by atoms with E-state index in [1.54, 1.807) is 45.2 Å². The summed E-state index contributed by atoms with van der Waals surface area (Å²) >= 11 is 0. The molecule has 11 heteroatoms. The Bertz CT molecular complexity index is 1430. The minimum absolute atomic E-state index is 0.0346. The number of alkyl halides is 3. The highest BCUT2D eigenvalue weighted by Crippen LogP contribution is 2.35. The topological polar surface area (TPSA) is 107 Å². The molecule has 3 aromatic rings. The molecule has 3 rings (SSSR count). The molecule has 41 heavy (non-hydrogen) atoms. The highest BCUT2D eigenvalue weighted by atomic mass is 19.4. The molecule has 0 saturated carbocycles. The minimum atomic E-state index is -4.64.